The second-order valence-corrected chi connectivity index (χ2v) is 3.85. The smallest absolute Gasteiger partial charge is 0.149 e. The van der Waals surface area contributed by atoms with Gasteiger partial charge in [-0.15, -0.1) is 0 Å². The first-order valence-corrected chi connectivity index (χ1v) is 5.67. The van der Waals surface area contributed by atoms with E-state index in [1.165, 1.54) is 5.57 Å². The van der Waals surface area contributed by atoms with Gasteiger partial charge in [-0.1, -0.05) is 12.2 Å². The van der Waals surface area contributed by atoms with Gasteiger partial charge < -0.3 is 4.79 Å². The monoisotopic (exact) mass is 206 g/mol. The summed E-state index contributed by atoms with van der Waals surface area (Å²) in [6.07, 6.45) is 12.9. The molecule has 0 aromatic heterocycles. The SMILES string of the molecule is O=CCCCC/C=C1\CCCC=C1C=O. The van der Waals surface area contributed by atoms with Crippen LogP contribution in [0.3, 0.4) is 0 Å². The molecule has 0 aromatic carbocycles. The third kappa shape index (κ3) is 4.24. The Bertz CT molecular complexity index is 274. The lowest BCUT2D eigenvalue weighted by molar-refractivity contribution is -0.108. The van der Waals surface area contributed by atoms with Crippen molar-refractivity contribution in [2.45, 2.75) is 44.9 Å². The third-order valence-corrected chi connectivity index (χ3v) is 2.68. The number of rotatable bonds is 6. The Hall–Kier alpha value is -1.18. The van der Waals surface area contributed by atoms with Crippen LogP contribution in [0.25, 0.3) is 0 Å². The highest BCUT2D eigenvalue weighted by Crippen LogP contribution is 2.23. The molecule has 1 aliphatic rings. The Morgan fingerprint density at radius 1 is 1.20 bits per heavy atom. The van der Waals surface area contributed by atoms with Crippen LogP contribution in [0.2, 0.25) is 0 Å². The van der Waals surface area contributed by atoms with Crippen LogP contribution in [0.1, 0.15) is 44.9 Å². The molecule has 0 bridgehead atoms. The van der Waals surface area contributed by atoms with Crippen molar-refractivity contribution in [3.05, 3.63) is 23.3 Å². The van der Waals surface area contributed by atoms with E-state index in [1.807, 2.05) is 6.08 Å². The van der Waals surface area contributed by atoms with E-state index >= 15 is 0 Å². The average molecular weight is 206 g/mol. The molecule has 82 valence electrons. The average Bonchev–Trinajstić information content (AvgIpc) is 2.29. The number of hydrogen-bond acceptors (Lipinski definition) is 2. The van der Waals surface area contributed by atoms with Gasteiger partial charge in [0.25, 0.3) is 0 Å². The molecule has 0 unspecified atom stereocenters. The van der Waals surface area contributed by atoms with Crippen molar-refractivity contribution in [1.82, 2.24) is 0 Å². The number of aldehydes is 2. The number of unbranched alkanes of at least 4 members (excludes halogenated alkanes) is 3. The first-order chi connectivity index (χ1) is 7.38. The largest absolute Gasteiger partial charge is 0.303 e. The van der Waals surface area contributed by atoms with E-state index in [0.29, 0.717) is 6.42 Å². The first kappa shape index (κ1) is 11.9. The maximum absolute atomic E-state index is 10.8. The van der Waals surface area contributed by atoms with Crippen LogP contribution in [0.15, 0.2) is 23.3 Å². The van der Waals surface area contributed by atoms with Gasteiger partial charge in [0.05, 0.1) is 0 Å². The zero-order valence-corrected chi connectivity index (χ0v) is 9.08. The van der Waals surface area contributed by atoms with Crippen molar-refractivity contribution >= 4 is 12.6 Å². The molecule has 0 N–H and O–H groups in total. The summed E-state index contributed by atoms with van der Waals surface area (Å²) in [5.41, 5.74) is 2.07. The van der Waals surface area contributed by atoms with Crippen molar-refractivity contribution in [3.63, 3.8) is 0 Å². The lowest BCUT2D eigenvalue weighted by atomic mass is 9.93. The molecule has 0 saturated carbocycles. The zero-order valence-electron chi connectivity index (χ0n) is 9.08. The molecule has 0 spiro atoms. The summed E-state index contributed by atoms with van der Waals surface area (Å²) in [6, 6.07) is 0. The topological polar surface area (TPSA) is 34.1 Å². The van der Waals surface area contributed by atoms with Crippen molar-refractivity contribution in [2.75, 3.05) is 0 Å². The summed E-state index contributed by atoms with van der Waals surface area (Å²) in [5.74, 6) is 0. The molecule has 0 saturated heterocycles. The lowest BCUT2D eigenvalue weighted by Crippen LogP contribution is -1.97. The summed E-state index contributed by atoms with van der Waals surface area (Å²) >= 11 is 0. The molecule has 2 heteroatoms. The van der Waals surface area contributed by atoms with Crippen LogP contribution < -0.4 is 0 Å². The molecular weight excluding hydrogens is 188 g/mol. The van der Waals surface area contributed by atoms with E-state index in [-0.39, 0.29) is 0 Å². The van der Waals surface area contributed by atoms with Gasteiger partial charge in [-0.05, 0) is 44.1 Å². The van der Waals surface area contributed by atoms with Gasteiger partial charge in [-0.3, -0.25) is 4.79 Å². The molecule has 1 aliphatic carbocycles. The molecule has 15 heavy (non-hydrogen) atoms. The van der Waals surface area contributed by atoms with Crippen LogP contribution in [-0.4, -0.2) is 12.6 Å². The Morgan fingerprint density at radius 3 is 2.73 bits per heavy atom. The van der Waals surface area contributed by atoms with Crippen molar-refractivity contribution in [1.29, 1.82) is 0 Å². The van der Waals surface area contributed by atoms with E-state index in [1.54, 1.807) is 0 Å². The molecule has 1 rings (SSSR count). The predicted molar refractivity (Wildman–Crippen MR) is 60.6 cm³/mol. The maximum Gasteiger partial charge on any atom is 0.149 e. The summed E-state index contributed by atoms with van der Waals surface area (Å²) in [4.78, 5) is 20.8. The summed E-state index contributed by atoms with van der Waals surface area (Å²) in [6.45, 7) is 0. The number of carbonyl (C=O) groups is 2. The highest BCUT2D eigenvalue weighted by molar-refractivity contribution is 5.80. The third-order valence-electron chi connectivity index (χ3n) is 2.68. The zero-order chi connectivity index (χ0) is 10.9. The quantitative estimate of drug-likeness (QED) is 0.494. The van der Waals surface area contributed by atoms with Gasteiger partial charge in [-0.25, -0.2) is 0 Å². The molecule has 2 nitrogen and oxygen atoms in total. The van der Waals surface area contributed by atoms with E-state index in [9.17, 15) is 9.59 Å². The summed E-state index contributed by atoms with van der Waals surface area (Å²) in [7, 11) is 0. The number of carbonyl (C=O) groups excluding carboxylic acids is 2. The van der Waals surface area contributed by atoms with Crippen molar-refractivity contribution in [3.8, 4) is 0 Å². The fourth-order valence-electron chi connectivity index (χ4n) is 1.82. The highest BCUT2D eigenvalue weighted by Gasteiger charge is 2.07. The van der Waals surface area contributed by atoms with E-state index in [0.717, 1.165) is 56.7 Å². The van der Waals surface area contributed by atoms with Crippen LogP contribution in [0, 0.1) is 0 Å². The first-order valence-electron chi connectivity index (χ1n) is 5.67. The number of allylic oxidation sites excluding steroid dienone is 4. The van der Waals surface area contributed by atoms with Gasteiger partial charge in [0, 0.05) is 12.0 Å². The Balaban J connectivity index is 2.36. The predicted octanol–water partition coefficient (Wildman–Crippen LogP) is 2.98. The molecule has 0 aliphatic heterocycles. The van der Waals surface area contributed by atoms with Crippen LogP contribution in [0.5, 0.6) is 0 Å². The second-order valence-electron chi connectivity index (χ2n) is 3.85. The molecule has 0 heterocycles. The van der Waals surface area contributed by atoms with E-state index < -0.39 is 0 Å². The maximum atomic E-state index is 10.8. The minimum absolute atomic E-state index is 0.652. The molecule has 0 radical (unpaired) electrons. The highest BCUT2D eigenvalue weighted by atomic mass is 16.1. The van der Waals surface area contributed by atoms with Crippen LogP contribution >= 0.6 is 0 Å². The van der Waals surface area contributed by atoms with Crippen LogP contribution in [0.4, 0.5) is 0 Å². The minimum Gasteiger partial charge on any atom is -0.303 e. The van der Waals surface area contributed by atoms with E-state index in [4.69, 9.17) is 0 Å². The minimum atomic E-state index is 0.652. The molecule has 0 aromatic rings. The van der Waals surface area contributed by atoms with Gasteiger partial charge in [-0.2, -0.15) is 0 Å². The molecule has 0 fully saturated rings. The van der Waals surface area contributed by atoms with Crippen LogP contribution in [-0.2, 0) is 9.59 Å². The van der Waals surface area contributed by atoms with E-state index in [2.05, 4.69) is 6.08 Å². The molecular formula is C13H18O2. The summed E-state index contributed by atoms with van der Waals surface area (Å²) in [5, 5.41) is 0. The van der Waals surface area contributed by atoms with Gasteiger partial charge in [0.15, 0.2) is 0 Å². The Morgan fingerprint density at radius 2 is 2.00 bits per heavy atom. The van der Waals surface area contributed by atoms with Gasteiger partial charge in [0.2, 0.25) is 0 Å². The Kier molecular flexibility index (Phi) is 5.67. The fourth-order valence-corrected chi connectivity index (χ4v) is 1.82. The van der Waals surface area contributed by atoms with Crippen molar-refractivity contribution < 1.29 is 9.59 Å². The summed E-state index contributed by atoms with van der Waals surface area (Å²) < 4.78 is 0. The number of hydrogen-bond donors (Lipinski definition) is 0. The molecule has 0 amide bonds. The molecule has 0 atom stereocenters. The Labute approximate surface area is 91.1 Å². The van der Waals surface area contributed by atoms with Gasteiger partial charge >= 0.3 is 0 Å². The lowest BCUT2D eigenvalue weighted by Gasteiger charge is -2.12. The fraction of sp³-hybridized carbons (Fsp3) is 0.538. The second kappa shape index (κ2) is 7.16. The van der Waals surface area contributed by atoms with Crippen molar-refractivity contribution in [2.24, 2.45) is 0 Å². The standard InChI is InChI=1S/C13H18O2/c14-10-6-2-1-3-7-12-8-4-5-9-13(12)11-15/h7,9-11H,1-6,8H2/b12-7+. The normalized spacial score (nSPS) is 18.7. The van der Waals surface area contributed by atoms with Gasteiger partial charge in [0.1, 0.15) is 12.6 Å².